The van der Waals surface area contributed by atoms with Crippen LogP contribution in [0.2, 0.25) is 0 Å². The number of amides is 1. The second-order valence-electron chi connectivity index (χ2n) is 4.41. The zero-order valence-electron chi connectivity index (χ0n) is 9.54. The van der Waals surface area contributed by atoms with Crippen molar-refractivity contribution in [1.29, 1.82) is 0 Å². The Balaban J connectivity index is 2.41. The predicted octanol–water partition coefficient (Wildman–Crippen LogP) is 1.57. The fourth-order valence-corrected chi connectivity index (χ4v) is 1.98. The Bertz CT molecular complexity index is 205. The van der Waals surface area contributed by atoms with E-state index < -0.39 is 0 Å². The largest absolute Gasteiger partial charge is 0.372 e. The van der Waals surface area contributed by atoms with Gasteiger partial charge in [0.05, 0.1) is 0 Å². The van der Waals surface area contributed by atoms with Gasteiger partial charge in [0.15, 0.2) is 0 Å². The SMILES string of the molecule is COC(C)C(=O)NC1CCC(C)C1C. The Kier molecular flexibility index (Phi) is 3.93. The molecule has 0 saturated heterocycles. The van der Waals surface area contributed by atoms with E-state index in [1.165, 1.54) is 6.42 Å². The lowest BCUT2D eigenvalue weighted by Crippen LogP contribution is -2.42. The summed E-state index contributed by atoms with van der Waals surface area (Å²) in [5.74, 6) is 1.32. The highest BCUT2D eigenvalue weighted by Gasteiger charge is 2.31. The molecule has 0 heterocycles. The van der Waals surface area contributed by atoms with Gasteiger partial charge >= 0.3 is 0 Å². The van der Waals surface area contributed by atoms with Crippen molar-refractivity contribution < 1.29 is 9.53 Å². The highest BCUT2D eigenvalue weighted by atomic mass is 16.5. The topological polar surface area (TPSA) is 38.3 Å². The Morgan fingerprint density at radius 1 is 1.43 bits per heavy atom. The maximum Gasteiger partial charge on any atom is 0.249 e. The monoisotopic (exact) mass is 199 g/mol. The van der Waals surface area contributed by atoms with Crippen LogP contribution in [0.25, 0.3) is 0 Å². The summed E-state index contributed by atoms with van der Waals surface area (Å²) in [5.41, 5.74) is 0. The van der Waals surface area contributed by atoms with Gasteiger partial charge in [-0.15, -0.1) is 0 Å². The molecule has 14 heavy (non-hydrogen) atoms. The Labute approximate surface area is 86.2 Å². The van der Waals surface area contributed by atoms with E-state index in [1.807, 2.05) is 0 Å². The van der Waals surface area contributed by atoms with Crippen LogP contribution in [-0.2, 0) is 9.53 Å². The maximum atomic E-state index is 11.5. The normalized spacial score (nSPS) is 34.1. The highest BCUT2D eigenvalue weighted by molar-refractivity contribution is 5.80. The van der Waals surface area contributed by atoms with Gasteiger partial charge < -0.3 is 10.1 Å². The van der Waals surface area contributed by atoms with E-state index in [0.717, 1.165) is 12.3 Å². The molecule has 3 nitrogen and oxygen atoms in total. The summed E-state index contributed by atoms with van der Waals surface area (Å²) in [7, 11) is 1.56. The number of methoxy groups -OCH3 is 1. The molecule has 1 saturated carbocycles. The molecule has 0 radical (unpaired) electrons. The molecule has 4 atom stereocenters. The van der Waals surface area contributed by atoms with Gasteiger partial charge in [-0.05, 0) is 31.6 Å². The van der Waals surface area contributed by atoms with Crippen molar-refractivity contribution in [3.05, 3.63) is 0 Å². The van der Waals surface area contributed by atoms with Gasteiger partial charge in [0.2, 0.25) is 5.91 Å². The number of nitrogens with one attached hydrogen (secondary N) is 1. The van der Waals surface area contributed by atoms with E-state index in [4.69, 9.17) is 4.74 Å². The van der Waals surface area contributed by atoms with Crippen LogP contribution in [0.4, 0.5) is 0 Å². The summed E-state index contributed by atoms with van der Waals surface area (Å²) in [6.07, 6.45) is 1.98. The molecule has 1 fully saturated rings. The van der Waals surface area contributed by atoms with Crippen molar-refractivity contribution >= 4 is 5.91 Å². The zero-order valence-corrected chi connectivity index (χ0v) is 9.54. The summed E-state index contributed by atoms with van der Waals surface area (Å²) >= 11 is 0. The molecule has 0 aromatic rings. The standard InChI is InChI=1S/C11H21NO2/c1-7-5-6-10(8(7)2)12-11(13)9(3)14-4/h7-10H,5-6H2,1-4H3,(H,12,13). The predicted molar refractivity (Wildman–Crippen MR) is 56.0 cm³/mol. The van der Waals surface area contributed by atoms with Crippen molar-refractivity contribution in [3.63, 3.8) is 0 Å². The first-order valence-corrected chi connectivity index (χ1v) is 5.39. The molecule has 3 heteroatoms. The summed E-state index contributed by atoms with van der Waals surface area (Å²) in [6.45, 7) is 6.23. The van der Waals surface area contributed by atoms with Gasteiger partial charge in [0.1, 0.15) is 6.10 Å². The van der Waals surface area contributed by atoms with Crippen molar-refractivity contribution in [3.8, 4) is 0 Å². The van der Waals surface area contributed by atoms with Crippen molar-refractivity contribution in [2.24, 2.45) is 11.8 Å². The Morgan fingerprint density at radius 3 is 2.50 bits per heavy atom. The minimum Gasteiger partial charge on any atom is -0.372 e. The van der Waals surface area contributed by atoms with Crippen LogP contribution in [0.15, 0.2) is 0 Å². The lowest BCUT2D eigenvalue weighted by molar-refractivity contribution is -0.131. The summed E-state index contributed by atoms with van der Waals surface area (Å²) in [5, 5.41) is 3.05. The van der Waals surface area contributed by atoms with E-state index in [0.29, 0.717) is 12.0 Å². The Morgan fingerprint density at radius 2 is 2.07 bits per heavy atom. The average Bonchev–Trinajstić information content (AvgIpc) is 2.48. The van der Waals surface area contributed by atoms with E-state index in [1.54, 1.807) is 14.0 Å². The first-order chi connectivity index (χ1) is 6.56. The number of ether oxygens (including phenoxy) is 1. The molecule has 0 bridgehead atoms. The minimum absolute atomic E-state index is 0.0125. The van der Waals surface area contributed by atoms with E-state index in [9.17, 15) is 4.79 Å². The van der Waals surface area contributed by atoms with Gasteiger partial charge in [0.25, 0.3) is 0 Å². The molecule has 4 unspecified atom stereocenters. The summed E-state index contributed by atoms with van der Waals surface area (Å²) in [6, 6.07) is 0.343. The third-order valence-corrected chi connectivity index (χ3v) is 3.52. The van der Waals surface area contributed by atoms with Crippen LogP contribution in [-0.4, -0.2) is 25.2 Å². The smallest absolute Gasteiger partial charge is 0.249 e. The molecule has 1 aliphatic rings. The zero-order chi connectivity index (χ0) is 10.7. The molecule has 1 N–H and O–H groups in total. The molecule has 1 amide bonds. The van der Waals surface area contributed by atoms with Gasteiger partial charge in [-0.1, -0.05) is 13.8 Å². The molecular formula is C11H21NO2. The molecule has 1 rings (SSSR count). The first kappa shape index (κ1) is 11.5. The van der Waals surface area contributed by atoms with Crippen LogP contribution in [0.3, 0.4) is 0 Å². The quantitative estimate of drug-likeness (QED) is 0.749. The number of carbonyl (C=O) groups excluding carboxylic acids is 1. The van der Waals surface area contributed by atoms with Crippen LogP contribution in [0, 0.1) is 11.8 Å². The third kappa shape index (κ3) is 2.47. The number of hydrogen-bond donors (Lipinski definition) is 1. The van der Waals surface area contributed by atoms with Gasteiger partial charge in [0, 0.05) is 13.2 Å². The third-order valence-electron chi connectivity index (χ3n) is 3.52. The van der Waals surface area contributed by atoms with Crippen molar-refractivity contribution in [2.75, 3.05) is 7.11 Å². The van der Waals surface area contributed by atoms with E-state index in [2.05, 4.69) is 19.2 Å². The molecule has 0 aromatic heterocycles. The molecule has 1 aliphatic carbocycles. The minimum atomic E-state index is -0.335. The highest BCUT2D eigenvalue weighted by Crippen LogP contribution is 2.31. The number of rotatable bonds is 3. The van der Waals surface area contributed by atoms with Crippen LogP contribution in [0.1, 0.15) is 33.6 Å². The van der Waals surface area contributed by atoms with Gasteiger partial charge in [-0.25, -0.2) is 0 Å². The summed E-state index contributed by atoms with van der Waals surface area (Å²) < 4.78 is 4.97. The number of carbonyl (C=O) groups is 1. The van der Waals surface area contributed by atoms with Gasteiger partial charge in [-0.2, -0.15) is 0 Å². The van der Waals surface area contributed by atoms with E-state index >= 15 is 0 Å². The fraction of sp³-hybridized carbons (Fsp3) is 0.909. The van der Waals surface area contributed by atoms with Gasteiger partial charge in [-0.3, -0.25) is 4.79 Å². The van der Waals surface area contributed by atoms with Crippen LogP contribution < -0.4 is 5.32 Å². The lowest BCUT2D eigenvalue weighted by atomic mass is 9.98. The molecule has 0 aromatic carbocycles. The summed E-state index contributed by atoms with van der Waals surface area (Å²) in [4.78, 5) is 11.5. The second kappa shape index (κ2) is 4.78. The number of hydrogen-bond acceptors (Lipinski definition) is 2. The Hall–Kier alpha value is -0.570. The first-order valence-electron chi connectivity index (χ1n) is 5.39. The van der Waals surface area contributed by atoms with Crippen LogP contribution >= 0.6 is 0 Å². The lowest BCUT2D eigenvalue weighted by Gasteiger charge is -2.21. The van der Waals surface area contributed by atoms with Crippen molar-refractivity contribution in [2.45, 2.75) is 45.8 Å². The molecule has 82 valence electrons. The molecule has 0 spiro atoms. The fourth-order valence-electron chi connectivity index (χ4n) is 1.98. The van der Waals surface area contributed by atoms with Crippen molar-refractivity contribution in [1.82, 2.24) is 5.32 Å². The second-order valence-corrected chi connectivity index (χ2v) is 4.41. The molecule has 0 aliphatic heterocycles. The average molecular weight is 199 g/mol. The van der Waals surface area contributed by atoms with E-state index in [-0.39, 0.29) is 12.0 Å². The van der Waals surface area contributed by atoms with Crippen LogP contribution in [0.5, 0.6) is 0 Å². The maximum absolute atomic E-state index is 11.5. The molecular weight excluding hydrogens is 178 g/mol.